The third kappa shape index (κ3) is 3.78. The van der Waals surface area contributed by atoms with E-state index in [4.69, 9.17) is 16.3 Å². The second-order valence-electron chi connectivity index (χ2n) is 6.07. The summed E-state index contributed by atoms with van der Waals surface area (Å²) in [6, 6.07) is 8.37. The summed E-state index contributed by atoms with van der Waals surface area (Å²) in [5, 5.41) is 0.505. The first-order valence-corrected chi connectivity index (χ1v) is 8.28. The molecule has 8 heteroatoms. The Hall–Kier alpha value is -2.54. The third-order valence-electron chi connectivity index (χ3n) is 4.14. The van der Waals surface area contributed by atoms with Crippen LogP contribution in [0.5, 0.6) is 5.75 Å². The Morgan fingerprint density at radius 1 is 1.22 bits per heavy atom. The van der Waals surface area contributed by atoms with Crippen LogP contribution in [0, 0.1) is 12.7 Å². The van der Waals surface area contributed by atoms with Gasteiger partial charge in [-0.3, -0.25) is 4.79 Å². The van der Waals surface area contributed by atoms with Gasteiger partial charge in [0.15, 0.2) is 5.75 Å². The Kier molecular flexibility index (Phi) is 4.90. The lowest BCUT2D eigenvalue weighted by molar-refractivity contribution is -0.139. The highest BCUT2D eigenvalue weighted by Gasteiger charge is 2.35. The van der Waals surface area contributed by atoms with E-state index in [1.165, 1.54) is 0 Å². The lowest BCUT2D eigenvalue weighted by Gasteiger charge is -2.11. The summed E-state index contributed by atoms with van der Waals surface area (Å²) in [4.78, 5) is 11.4. The number of carbonyl (C=O) groups is 1. The van der Waals surface area contributed by atoms with Crippen LogP contribution in [0.15, 0.2) is 36.4 Å². The Morgan fingerprint density at radius 3 is 2.52 bits per heavy atom. The molecule has 0 amide bonds. The van der Waals surface area contributed by atoms with Gasteiger partial charge in [0.2, 0.25) is 0 Å². The lowest BCUT2D eigenvalue weighted by atomic mass is 10.1. The molecular weight excluding hydrogens is 386 g/mol. The van der Waals surface area contributed by atoms with Crippen LogP contribution in [-0.4, -0.2) is 10.5 Å². The van der Waals surface area contributed by atoms with Gasteiger partial charge >= 0.3 is 12.1 Å². The zero-order valence-corrected chi connectivity index (χ0v) is 15.1. The molecule has 3 aromatic rings. The van der Waals surface area contributed by atoms with Crippen molar-refractivity contribution in [1.29, 1.82) is 0 Å². The van der Waals surface area contributed by atoms with Crippen molar-refractivity contribution in [2.24, 2.45) is 0 Å². The number of nitrogens with zero attached hydrogens (tertiary/aromatic N) is 1. The van der Waals surface area contributed by atoms with Crippen molar-refractivity contribution in [1.82, 2.24) is 4.57 Å². The molecule has 0 aliphatic heterocycles. The van der Waals surface area contributed by atoms with Gasteiger partial charge in [-0.1, -0.05) is 23.7 Å². The van der Waals surface area contributed by atoms with E-state index in [0.29, 0.717) is 16.8 Å². The minimum atomic E-state index is -4.87. The predicted octanol–water partition coefficient (Wildman–Crippen LogP) is 5.73. The predicted molar refractivity (Wildman–Crippen MR) is 93.5 cm³/mol. The molecule has 3 rings (SSSR count). The zero-order valence-electron chi connectivity index (χ0n) is 14.3. The number of carbonyl (C=O) groups excluding carboxylic acids is 1. The third-order valence-corrected chi connectivity index (χ3v) is 4.37. The minimum absolute atomic E-state index is 0.0125. The summed E-state index contributed by atoms with van der Waals surface area (Å²) in [7, 11) is 0. The normalized spacial score (nSPS) is 11.8. The SMILES string of the molecule is CC(=O)Oc1c(C)n(Cc2cccc(Cl)c2)c2cc(F)c(C(F)(F)F)cc12. The first kappa shape index (κ1) is 19.2. The average molecular weight is 400 g/mol. The van der Waals surface area contributed by atoms with Crippen LogP contribution in [0.4, 0.5) is 17.6 Å². The van der Waals surface area contributed by atoms with Gasteiger partial charge in [-0.05, 0) is 36.8 Å². The van der Waals surface area contributed by atoms with E-state index < -0.39 is 23.5 Å². The van der Waals surface area contributed by atoms with Gasteiger partial charge < -0.3 is 9.30 Å². The summed E-state index contributed by atoms with van der Waals surface area (Å²) in [6.07, 6.45) is -4.87. The Labute approximate surface area is 157 Å². The quantitative estimate of drug-likeness (QED) is 0.415. The topological polar surface area (TPSA) is 31.2 Å². The molecule has 0 unspecified atom stereocenters. The second-order valence-corrected chi connectivity index (χ2v) is 6.51. The molecule has 3 nitrogen and oxygen atoms in total. The van der Waals surface area contributed by atoms with Gasteiger partial charge in [-0.2, -0.15) is 13.2 Å². The number of fused-ring (bicyclic) bond motifs is 1. The van der Waals surface area contributed by atoms with Crippen LogP contribution < -0.4 is 4.74 Å². The highest BCUT2D eigenvalue weighted by atomic mass is 35.5. The number of benzene rings is 2. The molecule has 1 heterocycles. The van der Waals surface area contributed by atoms with Gasteiger partial charge in [0.05, 0.1) is 16.8 Å². The zero-order chi connectivity index (χ0) is 19.9. The fourth-order valence-corrected chi connectivity index (χ4v) is 3.19. The lowest BCUT2D eigenvalue weighted by Crippen LogP contribution is -2.08. The van der Waals surface area contributed by atoms with Crippen molar-refractivity contribution in [2.45, 2.75) is 26.6 Å². The Morgan fingerprint density at radius 2 is 1.93 bits per heavy atom. The van der Waals surface area contributed by atoms with Gasteiger partial charge in [-0.25, -0.2) is 4.39 Å². The van der Waals surface area contributed by atoms with Crippen molar-refractivity contribution in [3.63, 3.8) is 0 Å². The smallest absolute Gasteiger partial charge is 0.419 e. The van der Waals surface area contributed by atoms with Gasteiger partial charge in [0.25, 0.3) is 0 Å². The van der Waals surface area contributed by atoms with Crippen LogP contribution >= 0.6 is 11.6 Å². The van der Waals surface area contributed by atoms with Crippen LogP contribution in [0.25, 0.3) is 10.9 Å². The van der Waals surface area contributed by atoms with Crippen molar-refractivity contribution in [3.8, 4) is 5.75 Å². The van der Waals surface area contributed by atoms with Crippen LogP contribution in [0.2, 0.25) is 5.02 Å². The monoisotopic (exact) mass is 399 g/mol. The first-order chi connectivity index (χ1) is 12.6. The molecule has 0 radical (unpaired) electrons. The molecule has 0 saturated carbocycles. The highest BCUT2D eigenvalue weighted by Crippen LogP contribution is 2.40. The van der Waals surface area contributed by atoms with Gasteiger partial charge in [0, 0.05) is 23.9 Å². The van der Waals surface area contributed by atoms with Crippen molar-refractivity contribution >= 4 is 28.5 Å². The average Bonchev–Trinajstić information content (AvgIpc) is 2.78. The number of aromatic nitrogens is 1. The number of ether oxygens (including phenoxy) is 1. The van der Waals surface area contributed by atoms with Crippen molar-refractivity contribution < 1.29 is 27.1 Å². The molecule has 0 saturated heterocycles. The highest BCUT2D eigenvalue weighted by molar-refractivity contribution is 6.30. The van der Waals surface area contributed by atoms with Crippen molar-refractivity contribution in [2.75, 3.05) is 0 Å². The van der Waals surface area contributed by atoms with E-state index in [9.17, 15) is 22.4 Å². The molecule has 0 aliphatic rings. The van der Waals surface area contributed by atoms with Gasteiger partial charge in [0.1, 0.15) is 5.82 Å². The molecule has 0 aliphatic carbocycles. The first-order valence-electron chi connectivity index (χ1n) is 7.90. The summed E-state index contributed by atoms with van der Waals surface area (Å²) >= 11 is 5.98. The minimum Gasteiger partial charge on any atom is -0.424 e. The Balaban J connectivity index is 2.25. The van der Waals surface area contributed by atoms with Crippen LogP contribution in [0.1, 0.15) is 23.7 Å². The molecule has 1 aromatic heterocycles. The van der Waals surface area contributed by atoms with E-state index in [1.807, 2.05) is 0 Å². The van der Waals surface area contributed by atoms with Crippen LogP contribution in [-0.2, 0) is 17.5 Å². The Bertz CT molecular complexity index is 1040. The van der Waals surface area contributed by atoms with Crippen molar-refractivity contribution in [3.05, 3.63) is 64.1 Å². The van der Waals surface area contributed by atoms with E-state index >= 15 is 0 Å². The van der Waals surface area contributed by atoms with Crippen LogP contribution in [0.3, 0.4) is 0 Å². The molecule has 27 heavy (non-hydrogen) atoms. The summed E-state index contributed by atoms with van der Waals surface area (Å²) in [5.74, 6) is -2.10. The summed E-state index contributed by atoms with van der Waals surface area (Å²) < 4.78 is 60.2. The fraction of sp³-hybridized carbons (Fsp3) is 0.211. The number of hydrogen-bond donors (Lipinski definition) is 0. The maximum atomic E-state index is 14.1. The maximum Gasteiger partial charge on any atom is 0.419 e. The molecule has 0 bridgehead atoms. The number of rotatable bonds is 3. The fourth-order valence-electron chi connectivity index (χ4n) is 2.98. The van der Waals surface area contributed by atoms with E-state index in [1.54, 1.807) is 35.8 Å². The number of esters is 1. The van der Waals surface area contributed by atoms with Gasteiger partial charge in [-0.15, -0.1) is 0 Å². The van der Waals surface area contributed by atoms with E-state index in [2.05, 4.69) is 0 Å². The molecule has 0 fully saturated rings. The molecular formula is C19H14ClF4NO2. The molecule has 0 atom stereocenters. The molecule has 0 N–H and O–H groups in total. The molecule has 142 valence electrons. The number of alkyl halides is 3. The summed E-state index contributed by atoms with van der Waals surface area (Å²) in [6.45, 7) is 2.96. The maximum absolute atomic E-state index is 14.1. The number of hydrogen-bond acceptors (Lipinski definition) is 2. The summed E-state index contributed by atoms with van der Waals surface area (Å²) in [5.41, 5.74) is -0.0615. The molecule has 2 aromatic carbocycles. The number of halogens is 5. The standard InChI is InChI=1S/C19H14ClF4NO2/c1-10-18(27-11(2)26)14-7-15(19(22,23)24)16(21)8-17(14)25(10)9-12-4-3-5-13(20)6-12/h3-8H,9H2,1-2H3. The van der Waals surface area contributed by atoms with E-state index in [0.717, 1.165) is 18.6 Å². The molecule has 0 spiro atoms. The van der Waals surface area contributed by atoms with E-state index in [-0.39, 0.29) is 23.2 Å². The second kappa shape index (κ2) is 6.88. The largest absolute Gasteiger partial charge is 0.424 e.